The van der Waals surface area contributed by atoms with Gasteiger partial charge in [0.1, 0.15) is 9.84 Å². The Bertz CT molecular complexity index is 1130. The van der Waals surface area contributed by atoms with Gasteiger partial charge < -0.3 is 19.7 Å². The molecular weight excluding hydrogens is 434 g/mol. The fourth-order valence-electron chi connectivity index (χ4n) is 3.62. The first-order chi connectivity index (χ1) is 15.2. The Hall–Kier alpha value is -3.14. The number of hydrogen-bond acceptors (Lipinski definition) is 7. The molecule has 1 aliphatic heterocycles. The van der Waals surface area contributed by atoms with Crippen LogP contribution in [0.2, 0.25) is 0 Å². The minimum atomic E-state index is -3.47. The average Bonchev–Trinajstić information content (AvgIpc) is 3.09. The second-order valence-electron chi connectivity index (χ2n) is 7.46. The lowest BCUT2D eigenvalue weighted by molar-refractivity contribution is -0.115. The van der Waals surface area contributed by atoms with Gasteiger partial charge in [0.25, 0.3) is 11.8 Å². The topological polar surface area (TPSA) is 115 Å². The molecule has 0 bridgehead atoms. The van der Waals surface area contributed by atoms with Crippen LogP contribution in [0.15, 0.2) is 30.3 Å². The second-order valence-corrected chi connectivity index (χ2v) is 9.64. The molecule has 1 aromatic carbocycles. The van der Waals surface area contributed by atoms with Gasteiger partial charge in [-0.25, -0.2) is 13.4 Å². The maximum Gasteiger partial charge on any atom is 0.257 e. The third-order valence-corrected chi connectivity index (χ3v) is 6.01. The molecule has 172 valence electrons. The van der Waals surface area contributed by atoms with Crippen molar-refractivity contribution in [1.29, 1.82) is 0 Å². The van der Waals surface area contributed by atoms with Crippen molar-refractivity contribution in [1.82, 2.24) is 9.88 Å². The number of rotatable bonds is 9. The Balaban J connectivity index is 2.04. The minimum Gasteiger partial charge on any atom is -0.491 e. The number of carbonyl (C=O) groups excluding carboxylic acids is 2. The van der Waals surface area contributed by atoms with Crippen molar-refractivity contribution in [3.63, 3.8) is 0 Å². The van der Waals surface area contributed by atoms with E-state index in [1.807, 2.05) is 0 Å². The molecule has 0 unspecified atom stereocenters. The highest BCUT2D eigenvalue weighted by Crippen LogP contribution is 2.37. The van der Waals surface area contributed by atoms with Gasteiger partial charge in [0.05, 0.1) is 42.5 Å². The third kappa shape index (κ3) is 5.01. The van der Waals surface area contributed by atoms with Gasteiger partial charge in [-0.15, -0.1) is 0 Å². The first-order valence-corrected chi connectivity index (χ1v) is 12.3. The van der Waals surface area contributed by atoms with Gasteiger partial charge in [-0.1, -0.05) is 19.1 Å². The standard InChI is InChI=1S/C22H27N3O6S/c1-5-19(26)23-16-9-7-8-14-12-25(22(27)20(14)16)17(13-32(4,28)29)15-10-11-18(30-3)21(24-15)31-6-2/h7-11,17H,5-6,12-13H2,1-4H3,(H,23,26)/t17-/m1/s1. The average molecular weight is 462 g/mol. The van der Waals surface area contributed by atoms with E-state index < -0.39 is 15.9 Å². The maximum absolute atomic E-state index is 13.4. The summed E-state index contributed by atoms with van der Waals surface area (Å²) in [7, 11) is -1.98. The molecule has 1 aliphatic rings. The molecule has 3 rings (SSSR count). The predicted octanol–water partition coefficient (Wildman–Crippen LogP) is 2.58. The van der Waals surface area contributed by atoms with Crippen molar-refractivity contribution in [2.75, 3.05) is 31.0 Å². The first-order valence-electron chi connectivity index (χ1n) is 10.3. The van der Waals surface area contributed by atoms with Crippen LogP contribution in [0.3, 0.4) is 0 Å². The number of hydrogen-bond donors (Lipinski definition) is 1. The molecule has 1 aromatic heterocycles. The Morgan fingerprint density at radius 3 is 2.62 bits per heavy atom. The molecule has 0 saturated carbocycles. The number of fused-ring (bicyclic) bond motifs is 1. The van der Waals surface area contributed by atoms with Crippen LogP contribution in [0, 0.1) is 0 Å². The summed E-state index contributed by atoms with van der Waals surface area (Å²) in [6, 6.07) is 7.64. The monoisotopic (exact) mass is 461 g/mol. The lowest BCUT2D eigenvalue weighted by Gasteiger charge is -2.27. The summed E-state index contributed by atoms with van der Waals surface area (Å²) in [6.07, 6.45) is 1.39. The third-order valence-electron chi connectivity index (χ3n) is 5.09. The van der Waals surface area contributed by atoms with Gasteiger partial charge in [0.2, 0.25) is 5.91 Å². The van der Waals surface area contributed by atoms with E-state index in [-0.39, 0.29) is 36.4 Å². The maximum atomic E-state index is 13.4. The zero-order valence-electron chi connectivity index (χ0n) is 18.5. The SMILES string of the molecule is CCOc1nc([C@@H](CS(C)(=O)=O)N2Cc3cccc(NC(=O)CC)c3C2=O)ccc1OC. The Labute approximate surface area is 187 Å². The summed E-state index contributed by atoms with van der Waals surface area (Å²) in [5.74, 6) is -0.249. The second kappa shape index (κ2) is 9.56. The van der Waals surface area contributed by atoms with Gasteiger partial charge in [0, 0.05) is 19.2 Å². The van der Waals surface area contributed by atoms with Crippen LogP contribution in [0.25, 0.3) is 0 Å². The fraction of sp³-hybridized carbons (Fsp3) is 0.409. The highest BCUT2D eigenvalue weighted by molar-refractivity contribution is 7.90. The summed E-state index contributed by atoms with van der Waals surface area (Å²) in [5.41, 5.74) is 1.87. The highest BCUT2D eigenvalue weighted by atomic mass is 32.2. The van der Waals surface area contributed by atoms with E-state index in [4.69, 9.17) is 9.47 Å². The van der Waals surface area contributed by atoms with Crippen molar-refractivity contribution in [2.24, 2.45) is 0 Å². The summed E-state index contributed by atoms with van der Waals surface area (Å²) >= 11 is 0. The number of pyridine rings is 1. The molecule has 0 saturated heterocycles. The highest BCUT2D eigenvalue weighted by Gasteiger charge is 2.38. The van der Waals surface area contributed by atoms with Gasteiger partial charge in [0.15, 0.2) is 5.75 Å². The molecule has 2 amide bonds. The molecular formula is C22H27N3O6S. The molecule has 1 atom stereocenters. The lowest BCUT2D eigenvalue weighted by Crippen LogP contribution is -2.34. The Morgan fingerprint density at radius 1 is 1.25 bits per heavy atom. The molecule has 1 N–H and O–H groups in total. The van der Waals surface area contributed by atoms with E-state index in [0.717, 1.165) is 6.26 Å². The van der Waals surface area contributed by atoms with Crippen molar-refractivity contribution in [3.8, 4) is 11.6 Å². The largest absolute Gasteiger partial charge is 0.491 e. The zero-order chi connectivity index (χ0) is 23.5. The number of amides is 2. The zero-order valence-corrected chi connectivity index (χ0v) is 19.4. The number of sulfone groups is 1. The summed E-state index contributed by atoms with van der Waals surface area (Å²) in [5, 5.41) is 2.75. The van der Waals surface area contributed by atoms with Crippen LogP contribution in [0.5, 0.6) is 11.6 Å². The van der Waals surface area contributed by atoms with Crippen molar-refractivity contribution in [2.45, 2.75) is 32.9 Å². The summed E-state index contributed by atoms with van der Waals surface area (Å²) < 4.78 is 35.3. The normalized spacial score (nSPS) is 14.1. The summed E-state index contributed by atoms with van der Waals surface area (Å²) in [6.45, 7) is 4.06. The van der Waals surface area contributed by atoms with Gasteiger partial charge in [-0.2, -0.15) is 0 Å². The van der Waals surface area contributed by atoms with E-state index >= 15 is 0 Å². The van der Waals surface area contributed by atoms with Crippen molar-refractivity contribution >= 4 is 27.3 Å². The molecule has 9 nitrogen and oxygen atoms in total. The van der Waals surface area contributed by atoms with E-state index in [1.165, 1.54) is 12.0 Å². The minimum absolute atomic E-state index is 0.196. The van der Waals surface area contributed by atoms with Crippen LogP contribution < -0.4 is 14.8 Å². The predicted molar refractivity (Wildman–Crippen MR) is 120 cm³/mol. The van der Waals surface area contributed by atoms with Crippen LogP contribution in [0.4, 0.5) is 5.69 Å². The lowest BCUT2D eigenvalue weighted by atomic mass is 10.1. The number of aromatic nitrogens is 1. The number of benzene rings is 1. The molecule has 0 spiro atoms. The number of nitrogens with zero attached hydrogens (tertiary/aromatic N) is 2. The van der Waals surface area contributed by atoms with Gasteiger partial charge in [-0.05, 0) is 30.7 Å². The summed E-state index contributed by atoms with van der Waals surface area (Å²) in [4.78, 5) is 31.3. The molecule has 2 heterocycles. The van der Waals surface area contributed by atoms with Gasteiger partial charge >= 0.3 is 0 Å². The van der Waals surface area contributed by atoms with Crippen LogP contribution in [0.1, 0.15) is 47.9 Å². The number of anilines is 1. The number of ether oxygens (including phenoxy) is 2. The number of methoxy groups -OCH3 is 1. The molecule has 2 aromatic rings. The molecule has 10 heteroatoms. The van der Waals surface area contributed by atoms with E-state index in [2.05, 4.69) is 10.3 Å². The van der Waals surface area contributed by atoms with E-state index in [9.17, 15) is 18.0 Å². The molecule has 0 fully saturated rings. The van der Waals surface area contributed by atoms with Crippen molar-refractivity contribution in [3.05, 3.63) is 47.2 Å². The molecule has 0 radical (unpaired) electrons. The van der Waals surface area contributed by atoms with E-state index in [0.29, 0.717) is 34.9 Å². The Kier molecular flexibility index (Phi) is 7.02. The van der Waals surface area contributed by atoms with Crippen LogP contribution in [-0.4, -0.2) is 55.8 Å². The van der Waals surface area contributed by atoms with Crippen LogP contribution in [-0.2, 0) is 21.2 Å². The quantitative estimate of drug-likeness (QED) is 0.610. The molecule has 0 aliphatic carbocycles. The van der Waals surface area contributed by atoms with Crippen LogP contribution >= 0.6 is 0 Å². The first kappa shape index (κ1) is 23.5. The number of nitrogens with one attached hydrogen (secondary N) is 1. The number of carbonyl (C=O) groups is 2. The Morgan fingerprint density at radius 2 is 2.00 bits per heavy atom. The fourth-order valence-corrected chi connectivity index (χ4v) is 4.55. The van der Waals surface area contributed by atoms with Gasteiger partial charge in [-0.3, -0.25) is 9.59 Å². The smallest absolute Gasteiger partial charge is 0.257 e. The van der Waals surface area contributed by atoms with Crippen molar-refractivity contribution < 1.29 is 27.5 Å². The molecule has 32 heavy (non-hydrogen) atoms. The van der Waals surface area contributed by atoms with E-state index in [1.54, 1.807) is 44.2 Å².